The molecular weight excluding hydrogens is 468 g/mol. The van der Waals surface area contributed by atoms with E-state index in [1.807, 2.05) is 0 Å². The van der Waals surface area contributed by atoms with Gasteiger partial charge >= 0.3 is 16.8 Å². The van der Waals surface area contributed by atoms with Crippen molar-refractivity contribution in [1.82, 2.24) is 9.31 Å². The molecule has 0 aliphatic heterocycles. The third-order valence-electron chi connectivity index (χ3n) is 5.48. The maximum atomic E-state index is 12.9. The Morgan fingerprint density at radius 3 is 1.53 bits per heavy atom. The molecule has 0 atom stereocenters. The molecule has 0 radical (unpaired) electrons. The van der Waals surface area contributed by atoms with Gasteiger partial charge in [-0.15, -0.1) is 0 Å². The summed E-state index contributed by atoms with van der Waals surface area (Å²) in [5.41, 5.74) is -1.11. The van der Waals surface area contributed by atoms with Gasteiger partial charge in [0.25, 0.3) is 0 Å². The molecule has 12 heteroatoms. The number of unbranched alkanes of at least 4 members (excludes halogenated alkanes) is 9. The third-order valence-corrected chi connectivity index (χ3v) is 5.48. The van der Waals surface area contributed by atoms with Crippen LogP contribution >= 0.6 is 0 Å². The summed E-state index contributed by atoms with van der Waals surface area (Å²) in [7, 11) is 0. The lowest BCUT2D eigenvalue weighted by atomic mass is 10.2. The number of carbonyl (C=O) groups excluding carboxylic acids is 3. The van der Waals surface area contributed by atoms with Crippen LogP contribution in [0.5, 0.6) is 0 Å². The Morgan fingerprint density at radius 2 is 1.03 bits per heavy atom. The van der Waals surface area contributed by atoms with Crippen molar-refractivity contribution in [2.75, 3.05) is 26.2 Å². The number of aromatic nitrogens is 2. The van der Waals surface area contributed by atoms with Crippen LogP contribution in [-0.2, 0) is 27.5 Å². The number of rotatable bonds is 21. The minimum Gasteiger partial charge on any atom is -0.349 e. The second-order valence-corrected chi connectivity index (χ2v) is 8.28. The molecule has 1 aromatic heterocycles. The van der Waals surface area contributed by atoms with Gasteiger partial charge in [0.2, 0.25) is 18.2 Å². The largest absolute Gasteiger partial charge is 0.360 e. The number of hydrogen-bond donors (Lipinski definition) is 0. The molecule has 198 valence electrons. The Kier molecular flexibility index (Phi) is 17.7. The maximum absolute atomic E-state index is 12.9. The normalized spacial score (nSPS) is 10.9. The zero-order valence-corrected chi connectivity index (χ0v) is 20.9. The fourth-order valence-corrected chi connectivity index (χ4v) is 3.54. The van der Waals surface area contributed by atoms with E-state index in [0.717, 1.165) is 64.2 Å². The molecule has 0 aliphatic rings. The zero-order chi connectivity index (χ0) is 26.3. The Labute approximate surface area is 209 Å². The van der Waals surface area contributed by atoms with Gasteiger partial charge in [0.1, 0.15) is 0 Å². The molecule has 1 heterocycles. The molecule has 0 saturated heterocycles. The van der Waals surface area contributed by atoms with E-state index in [-0.39, 0.29) is 12.1 Å². The summed E-state index contributed by atoms with van der Waals surface area (Å²) in [6.45, 7) is 2.29. The molecule has 0 bridgehead atoms. The lowest BCUT2D eigenvalue weighted by molar-refractivity contribution is 0.185. The number of aliphatic imine (C=N–C) groups is 3. The summed E-state index contributed by atoms with van der Waals surface area (Å²) in [6.07, 6.45) is 13.9. The van der Waals surface area contributed by atoms with Crippen molar-refractivity contribution < 1.29 is 18.9 Å². The van der Waals surface area contributed by atoms with E-state index < -0.39 is 11.2 Å². The van der Waals surface area contributed by atoms with Crippen molar-refractivity contribution in [3.8, 4) is 0 Å². The molecule has 0 spiro atoms. The molecule has 0 unspecified atom stereocenters. The summed E-state index contributed by atoms with van der Waals surface area (Å²) in [4.78, 5) is 70.9. The second kappa shape index (κ2) is 20.9. The Morgan fingerprint density at radius 1 is 0.583 bits per heavy atom. The van der Waals surface area contributed by atoms with Crippen LogP contribution in [0.15, 0.2) is 34.1 Å². The Bertz CT molecular complexity index is 1090. The van der Waals surface area contributed by atoms with Crippen molar-refractivity contribution in [3.63, 3.8) is 0 Å². The SMILES string of the molecule is O=C=NCCCCCCN=c1on(CCCCCCN=C=O)c(=O)n(CCCCCCN=C=O)c1=O. The first-order chi connectivity index (χ1) is 17.7. The maximum Gasteiger partial charge on any atom is 0.360 e. The summed E-state index contributed by atoms with van der Waals surface area (Å²) < 4.78 is 7.96. The van der Waals surface area contributed by atoms with Crippen LogP contribution in [0.3, 0.4) is 0 Å². The van der Waals surface area contributed by atoms with E-state index >= 15 is 0 Å². The molecule has 0 saturated carbocycles. The first-order valence-corrected chi connectivity index (χ1v) is 12.6. The fraction of sp³-hybridized carbons (Fsp3) is 0.750. The highest BCUT2D eigenvalue weighted by molar-refractivity contribution is 5.33. The Hall–Kier alpha value is -3.45. The van der Waals surface area contributed by atoms with Gasteiger partial charge in [0, 0.05) is 13.1 Å². The van der Waals surface area contributed by atoms with E-state index in [2.05, 4.69) is 20.0 Å². The fourth-order valence-electron chi connectivity index (χ4n) is 3.54. The highest BCUT2D eigenvalue weighted by Gasteiger charge is 2.11. The molecule has 0 aliphatic carbocycles. The first kappa shape index (κ1) is 30.6. The number of nitrogens with zero attached hydrogens (tertiary/aromatic N) is 6. The quantitative estimate of drug-likeness (QED) is 0.142. The van der Waals surface area contributed by atoms with Crippen LogP contribution in [0.4, 0.5) is 0 Å². The average Bonchev–Trinajstić information content (AvgIpc) is 2.88. The minimum absolute atomic E-state index is 0.0826. The lowest BCUT2D eigenvalue weighted by Gasteiger charge is -2.09. The van der Waals surface area contributed by atoms with Gasteiger partial charge in [0.15, 0.2) is 0 Å². The van der Waals surface area contributed by atoms with Crippen molar-refractivity contribution in [2.24, 2.45) is 20.0 Å². The van der Waals surface area contributed by atoms with Crippen LogP contribution in [0.1, 0.15) is 77.0 Å². The summed E-state index contributed by atoms with van der Waals surface area (Å²) in [5.74, 6) is 0. The van der Waals surface area contributed by atoms with E-state index in [4.69, 9.17) is 4.52 Å². The van der Waals surface area contributed by atoms with Crippen LogP contribution in [0.25, 0.3) is 0 Å². The van der Waals surface area contributed by atoms with Crippen molar-refractivity contribution in [3.05, 3.63) is 26.4 Å². The molecule has 1 rings (SSSR count). The van der Waals surface area contributed by atoms with Gasteiger partial charge in [-0.1, -0.05) is 38.5 Å². The van der Waals surface area contributed by atoms with Crippen molar-refractivity contribution in [1.29, 1.82) is 0 Å². The van der Waals surface area contributed by atoms with Gasteiger partial charge in [-0.2, -0.15) is 4.74 Å². The van der Waals surface area contributed by atoms with E-state index in [1.165, 1.54) is 27.5 Å². The van der Waals surface area contributed by atoms with E-state index in [9.17, 15) is 24.0 Å². The predicted octanol–water partition coefficient (Wildman–Crippen LogP) is 2.19. The number of isocyanates is 3. The smallest absolute Gasteiger partial charge is 0.349 e. The standard InChI is InChI=1S/C24H36N6O6/c31-19-25-13-7-1-2-10-16-28-22-23(34)29(17-11-5-3-8-14-26-20-32)24(35)30(36-22)18-12-6-4-9-15-27-21-33/h1-18H2. The summed E-state index contributed by atoms with van der Waals surface area (Å²) in [6, 6.07) is 0. The van der Waals surface area contributed by atoms with Crippen molar-refractivity contribution >= 4 is 18.2 Å². The van der Waals surface area contributed by atoms with E-state index in [1.54, 1.807) is 0 Å². The van der Waals surface area contributed by atoms with Gasteiger partial charge in [-0.3, -0.25) is 9.36 Å². The van der Waals surface area contributed by atoms with Crippen LogP contribution < -0.4 is 16.8 Å². The van der Waals surface area contributed by atoms with Crippen molar-refractivity contribution in [2.45, 2.75) is 90.1 Å². The molecule has 1 aromatic rings. The number of aryl methyl sites for hydroxylation is 1. The summed E-state index contributed by atoms with van der Waals surface area (Å²) >= 11 is 0. The minimum atomic E-state index is -0.533. The van der Waals surface area contributed by atoms with Crippen LogP contribution in [0, 0.1) is 0 Å². The molecule has 0 aromatic carbocycles. The monoisotopic (exact) mass is 504 g/mol. The van der Waals surface area contributed by atoms with Gasteiger partial charge in [-0.25, -0.2) is 39.1 Å². The first-order valence-electron chi connectivity index (χ1n) is 12.6. The van der Waals surface area contributed by atoms with Gasteiger partial charge in [-0.05, 0) is 38.5 Å². The molecule has 0 fully saturated rings. The van der Waals surface area contributed by atoms with Crippen LogP contribution in [-0.4, -0.2) is 53.7 Å². The topological polar surface area (TPSA) is 158 Å². The molecule has 0 N–H and O–H groups in total. The van der Waals surface area contributed by atoms with Gasteiger partial charge < -0.3 is 4.52 Å². The second-order valence-electron chi connectivity index (χ2n) is 8.28. The zero-order valence-electron chi connectivity index (χ0n) is 20.9. The molecular formula is C24H36N6O6. The average molecular weight is 505 g/mol. The predicted molar refractivity (Wildman–Crippen MR) is 132 cm³/mol. The molecule has 12 nitrogen and oxygen atoms in total. The van der Waals surface area contributed by atoms with E-state index in [0.29, 0.717) is 45.6 Å². The highest BCUT2D eigenvalue weighted by atomic mass is 16.5. The van der Waals surface area contributed by atoms with Gasteiger partial charge in [0.05, 0.1) is 26.2 Å². The third kappa shape index (κ3) is 13.4. The number of hydrogen-bond acceptors (Lipinski definition) is 10. The highest BCUT2D eigenvalue weighted by Crippen LogP contribution is 2.03. The lowest BCUT2D eigenvalue weighted by Crippen LogP contribution is -2.48. The van der Waals surface area contributed by atoms with Crippen LogP contribution in [0.2, 0.25) is 0 Å². The Balaban J connectivity index is 2.81. The molecule has 36 heavy (non-hydrogen) atoms. The molecule has 0 amide bonds. The summed E-state index contributed by atoms with van der Waals surface area (Å²) in [5, 5.41) is 0.